The quantitative estimate of drug-likeness (QED) is 0.701. The molecule has 4 N–H and O–H groups in total. The maximum absolute atomic E-state index is 11.4. The first-order valence-corrected chi connectivity index (χ1v) is 7.87. The van der Waals surface area contributed by atoms with Crippen molar-refractivity contribution in [3.63, 3.8) is 0 Å². The van der Waals surface area contributed by atoms with E-state index in [9.17, 15) is 8.42 Å². The number of nitrogens with two attached hydrogens (primary N) is 1. The molecule has 0 unspecified atom stereocenters. The third-order valence-corrected chi connectivity index (χ3v) is 4.04. The largest absolute Gasteiger partial charge is 0.384 e. The van der Waals surface area contributed by atoms with Crippen LogP contribution < -0.4 is 10.5 Å². The lowest BCUT2D eigenvalue weighted by Crippen LogP contribution is -2.15. The van der Waals surface area contributed by atoms with Crippen molar-refractivity contribution in [3.05, 3.63) is 41.7 Å². The van der Waals surface area contributed by atoms with Crippen LogP contribution in [-0.2, 0) is 16.4 Å². The van der Waals surface area contributed by atoms with Gasteiger partial charge in [-0.1, -0.05) is 12.1 Å². The van der Waals surface area contributed by atoms with Crippen LogP contribution in [0.15, 0.2) is 35.4 Å². The molecule has 0 radical (unpaired) electrons. The zero-order valence-electron chi connectivity index (χ0n) is 11.3. The topological polar surface area (TPSA) is 101 Å². The number of sulfonamides is 1. The van der Waals surface area contributed by atoms with Crippen molar-refractivity contribution in [3.8, 4) is 0 Å². The van der Waals surface area contributed by atoms with Crippen LogP contribution >= 0.6 is 0 Å². The molecule has 0 saturated heterocycles. The molecule has 1 heterocycles. The van der Waals surface area contributed by atoms with E-state index in [1.54, 1.807) is 18.2 Å². The summed E-state index contributed by atoms with van der Waals surface area (Å²) in [5.41, 5.74) is 2.78. The summed E-state index contributed by atoms with van der Waals surface area (Å²) < 4.78 is 22.9. The second kappa shape index (κ2) is 6.06. The van der Waals surface area contributed by atoms with Gasteiger partial charge in [0.2, 0.25) is 10.0 Å². The number of benzene rings is 1. The fourth-order valence-electron chi connectivity index (χ4n) is 1.99. The Labute approximate surface area is 118 Å². The van der Waals surface area contributed by atoms with Crippen LogP contribution in [0.1, 0.15) is 17.7 Å². The molecule has 2 rings (SSSR count). The molecule has 2 aromatic rings. The number of H-pyrrole nitrogens is 1. The molecule has 0 aliphatic carbocycles. The van der Waals surface area contributed by atoms with Crippen molar-refractivity contribution in [2.45, 2.75) is 24.7 Å². The van der Waals surface area contributed by atoms with Gasteiger partial charge >= 0.3 is 0 Å². The number of para-hydroxylation sites is 1. The molecule has 1 aromatic heterocycles. The maximum Gasteiger partial charge on any atom is 0.240 e. The van der Waals surface area contributed by atoms with E-state index in [0.717, 1.165) is 18.5 Å². The molecule has 0 amide bonds. The summed E-state index contributed by atoms with van der Waals surface area (Å²) in [5, 5.41) is 15.1. The highest BCUT2D eigenvalue weighted by atomic mass is 32.2. The molecule has 108 valence electrons. The van der Waals surface area contributed by atoms with Crippen molar-refractivity contribution in [1.29, 1.82) is 0 Å². The van der Waals surface area contributed by atoms with Crippen molar-refractivity contribution in [2.75, 3.05) is 11.9 Å². The van der Waals surface area contributed by atoms with Crippen molar-refractivity contribution < 1.29 is 8.42 Å². The van der Waals surface area contributed by atoms with Gasteiger partial charge in [-0.3, -0.25) is 5.10 Å². The third-order valence-electron chi connectivity index (χ3n) is 3.07. The van der Waals surface area contributed by atoms with Gasteiger partial charge in [0.05, 0.1) is 11.9 Å². The normalized spacial score (nSPS) is 11.5. The van der Waals surface area contributed by atoms with Crippen molar-refractivity contribution >= 4 is 15.7 Å². The highest BCUT2D eigenvalue weighted by Gasteiger charge is 2.12. The molecule has 6 nitrogen and oxygen atoms in total. The molecule has 0 aliphatic rings. The summed E-state index contributed by atoms with van der Waals surface area (Å²) in [5.74, 6) is 0. The summed E-state index contributed by atoms with van der Waals surface area (Å²) in [6.07, 6.45) is 3.57. The van der Waals surface area contributed by atoms with Gasteiger partial charge in [0.15, 0.2) is 0 Å². The van der Waals surface area contributed by atoms with Gasteiger partial charge in [0, 0.05) is 12.2 Å². The molecular formula is C13H18N4O2S. The van der Waals surface area contributed by atoms with E-state index in [1.165, 1.54) is 11.6 Å². The van der Waals surface area contributed by atoms with Crippen LogP contribution in [0.2, 0.25) is 0 Å². The Bertz CT molecular complexity index is 679. The first-order chi connectivity index (χ1) is 9.48. The molecule has 0 bridgehead atoms. The van der Waals surface area contributed by atoms with Gasteiger partial charge < -0.3 is 5.32 Å². The Morgan fingerprint density at radius 2 is 2.10 bits per heavy atom. The summed E-state index contributed by atoms with van der Waals surface area (Å²) in [7, 11) is -3.70. The van der Waals surface area contributed by atoms with E-state index in [4.69, 9.17) is 5.14 Å². The number of primary sulfonamides is 1. The average molecular weight is 294 g/mol. The molecule has 7 heteroatoms. The van der Waals surface area contributed by atoms with Crippen molar-refractivity contribution in [2.24, 2.45) is 5.14 Å². The van der Waals surface area contributed by atoms with Gasteiger partial charge in [-0.25, -0.2) is 13.6 Å². The molecule has 0 spiro atoms. The Morgan fingerprint density at radius 3 is 2.75 bits per heavy atom. The smallest absolute Gasteiger partial charge is 0.240 e. The maximum atomic E-state index is 11.4. The first kappa shape index (κ1) is 14.5. The van der Waals surface area contributed by atoms with Gasteiger partial charge in [-0.15, -0.1) is 0 Å². The molecule has 1 aromatic carbocycles. The summed E-state index contributed by atoms with van der Waals surface area (Å²) >= 11 is 0. The van der Waals surface area contributed by atoms with Gasteiger partial charge in [-0.05, 0) is 37.5 Å². The lowest BCUT2D eigenvalue weighted by atomic mass is 10.1. The van der Waals surface area contributed by atoms with E-state index < -0.39 is 10.0 Å². The summed E-state index contributed by atoms with van der Waals surface area (Å²) in [6, 6.07) is 6.64. The minimum atomic E-state index is -3.70. The monoisotopic (exact) mass is 294 g/mol. The molecule has 0 atom stereocenters. The number of rotatable bonds is 6. The fourth-order valence-corrected chi connectivity index (χ4v) is 2.71. The Hall–Kier alpha value is -1.86. The third kappa shape index (κ3) is 3.58. The second-order valence-electron chi connectivity index (χ2n) is 4.59. The van der Waals surface area contributed by atoms with Crippen LogP contribution in [0.25, 0.3) is 0 Å². The zero-order chi connectivity index (χ0) is 14.6. The van der Waals surface area contributed by atoms with Gasteiger partial charge in [0.25, 0.3) is 0 Å². The Balaban J connectivity index is 1.94. The number of nitrogens with one attached hydrogen (secondary N) is 2. The number of hydrogen-bond acceptors (Lipinski definition) is 4. The minimum absolute atomic E-state index is 0.125. The first-order valence-electron chi connectivity index (χ1n) is 6.33. The Morgan fingerprint density at radius 1 is 1.35 bits per heavy atom. The number of aromatic nitrogens is 2. The number of aryl methyl sites for hydroxylation is 2. The lowest BCUT2D eigenvalue weighted by molar-refractivity contribution is 0.598. The van der Waals surface area contributed by atoms with Crippen LogP contribution in [-0.4, -0.2) is 25.2 Å². The lowest BCUT2D eigenvalue weighted by Gasteiger charge is -2.10. The number of aromatic amines is 1. The zero-order valence-corrected chi connectivity index (χ0v) is 12.1. The highest BCUT2D eigenvalue weighted by Crippen LogP contribution is 2.19. The Kier molecular flexibility index (Phi) is 4.41. The predicted octanol–water partition coefficient (Wildman–Crippen LogP) is 1.41. The number of nitrogens with zero attached hydrogens (tertiary/aromatic N) is 1. The van der Waals surface area contributed by atoms with Crippen LogP contribution in [0.3, 0.4) is 0 Å². The number of hydrogen-bond donors (Lipinski definition) is 3. The summed E-state index contributed by atoms with van der Waals surface area (Å²) in [4.78, 5) is 0.125. The van der Waals surface area contributed by atoms with Crippen LogP contribution in [0.5, 0.6) is 0 Å². The van der Waals surface area contributed by atoms with Gasteiger partial charge in [0.1, 0.15) is 4.90 Å². The molecule has 0 saturated carbocycles. The molecule has 20 heavy (non-hydrogen) atoms. The highest BCUT2D eigenvalue weighted by molar-refractivity contribution is 7.89. The van der Waals surface area contributed by atoms with E-state index >= 15 is 0 Å². The van der Waals surface area contributed by atoms with E-state index in [-0.39, 0.29) is 4.90 Å². The standard InChI is InChI=1S/C13H18N4O2S/c1-10-11(9-16-17-10)5-4-8-15-12-6-2-3-7-13(12)20(14,18)19/h2-3,6-7,9,15H,4-5,8H2,1H3,(H,16,17)(H2,14,18,19). The predicted molar refractivity (Wildman–Crippen MR) is 78.0 cm³/mol. The average Bonchev–Trinajstić information content (AvgIpc) is 2.80. The molecule has 0 aliphatic heterocycles. The van der Waals surface area contributed by atoms with E-state index in [1.807, 2.05) is 13.1 Å². The van der Waals surface area contributed by atoms with Crippen LogP contribution in [0.4, 0.5) is 5.69 Å². The molecular weight excluding hydrogens is 276 g/mol. The second-order valence-corrected chi connectivity index (χ2v) is 6.12. The van der Waals surface area contributed by atoms with Gasteiger partial charge in [-0.2, -0.15) is 5.10 Å². The molecule has 0 fully saturated rings. The SMILES string of the molecule is Cc1[nH]ncc1CCCNc1ccccc1S(N)(=O)=O. The van der Waals surface area contributed by atoms with E-state index in [2.05, 4.69) is 15.5 Å². The fraction of sp³-hybridized carbons (Fsp3) is 0.308. The minimum Gasteiger partial charge on any atom is -0.384 e. The van der Waals surface area contributed by atoms with Crippen LogP contribution in [0, 0.1) is 6.92 Å². The summed E-state index contributed by atoms with van der Waals surface area (Å²) in [6.45, 7) is 2.64. The van der Waals surface area contributed by atoms with Crippen molar-refractivity contribution in [1.82, 2.24) is 10.2 Å². The van der Waals surface area contributed by atoms with E-state index in [0.29, 0.717) is 12.2 Å². The number of anilines is 1.